The zero-order chi connectivity index (χ0) is 18.9. The van der Waals surface area contributed by atoms with E-state index in [1.165, 1.54) is 0 Å². The monoisotopic (exact) mass is 349 g/mol. The Bertz CT molecular complexity index is 587. The Balaban J connectivity index is 2.38. The summed E-state index contributed by atoms with van der Waals surface area (Å²) in [6.07, 6.45) is 0.796. The number of rotatable bonds is 8. The molecule has 138 valence electrons. The van der Waals surface area contributed by atoms with Gasteiger partial charge in [-0.05, 0) is 51.8 Å². The third kappa shape index (κ3) is 9.49. The van der Waals surface area contributed by atoms with Crippen molar-refractivity contribution in [1.29, 1.82) is 0 Å². The van der Waals surface area contributed by atoms with Crippen LogP contribution in [0.3, 0.4) is 0 Å². The molecule has 6 nitrogen and oxygen atoms in total. The molecular formula is C19H27NO5. The number of ketones is 1. The first-order chi connectivity index (χ1) is 11.7. The maximum absolute atomic E-state index is 11.8. The van der Waals surface area contributed by atoms with E-state index in [4.69, 9.17) is 9.47 Å². The molecule has 0 radical (unpaired) electrons. The molecule has 1 amide bonds. The molecule has 0 fully saturated rings. The second-order valence-electron chi connectivity index (χ2n) is 6.67. The maximum Gasteiger partial charge on any atom is 0.412 e. The third-order valence-electron chi connectivity index (χ3n) is 3.21. The van der Waals surface area contributed by atoms with Crippen LogP contribution in [-0.2, 0) is 25.5 Å². The lowest BCUT2D eigenvalue weighted by atomic mass is 10.0. The molecule has 0 unspecified atom stereocenters. The molecule has 1 aromatic rings. The number of carbonyl (C=O) groups is 3. The zero-order valence-electron chi connectivity index (χ0n) is 15.4. The summed E-state index contributed by atoms with van der Waals surface area (Å²) >= 11 is 0. The summed E-state index contributed by atoms with van der Waals surface area (Å²) in [5, 5.41) is 2.66. The molecule has 0 aliphatic heterocycles. The number of anilines is 1. The van der Waals surface area contributed by atoms with Crippen LogP contribution in [0.2, 0.25) is 0 Å². The van der Waals surface area contributed by atoms with Gasteiger partial charge < -0.3 is 9.47 Å². The van der Waals surface area contributed by atoms with Gasteiger partial charge in [0.25, 0.3) is 0 Å². The van der Waals surface area contributed by atoms with Crippen molar-refractivity contribution in [2.24, 2.45) is 0 Å². The van der Waals surface area contributed by atoms with Crippen molar-refractivity contribution in [3.8, 4) is 0 Å². The largest absolute Gasteiger partial charge is 0.466 e. The van der Waals surface area contributed by atoms with Crippen molar-refractivity contribution in [2.45, 2.75) is 59.0 Å². The minimum Gasteiger partial charge on any atom is -0.466 e. The lowest BCUT2D eigenvalue weighted by Gasteiger charge is -2.19. The molecule has 0 saturated heterocycles. The average molecular weight is 349 g/mol. The number of nitrogens with one attached hydrogen (secondary N) is 1. The normalized spacial score (nSPS) is 10.9. The minimum atomic E-state index is -0.548. The van der Waals surface area contributed by atoms with Gasteiger partial charge in [0.15, 0.2) is 0 Å². The predicted molar refractivity (Wildman–Crippen MR) is 95.5 cm³/mol. The molecule has 0 heterocycles. The lowest BCUT2D eigenvalue weighted by Crippen LogP contribution is -2.27. The van der Waals surface area contributed by atoms with E-state index in [0.29, 0.717) is 25.1 Å². The van der Waals surface area contributed by atoms with Crippen molar-refractivity contribution < 1.29 is 23.9 Å². The molecule has 1 N–H and O–H groups in total. The second kappa shape index (κ2) is 9.81. The number of esters is 1. The maximum atomic E-state index is 11.8. The van der Waals surface area contributed by atoms with Crippen LogP contribution < -0.4 is 5.32 Å². The van der Waals surface area contributed by atoms with Gasteiger partial charge in [0.05, 0.1) is 13.0 Å². The Morgan fingerprint density at radius 3 is 2.20 bits per heavy atom. The van der Waals surface area contributed by atoms with Gasteiger partial charge in [-0.25, -0.2) is 4.79 Å². The highest BCUT2D eigenvalue weighted by Crippen LogP contribution is 2.14. The fourth-order valence-corrected chi connectivity index (χ4v) is 2.06. The Morgan fingerprint density at radius 2 is 1.64 bits per heavy atom. The first kappa shape index (κ1) is 20.7. The fourth-order valence-electron chi connectivity index (χ4n) is 2.06. The summed E-state index contributed by atoms with van der Waals surface area (Å²) < 4.78 is 9.98. The molecule has 0 atom stereocenters. The van der Waals surface area contributed by atoms with Crippen LogP contribution in [0.4, 0.5) is 10.5 Å². The van der Waals surface area contributed by atoms with Crippen LogP contribution in [-0.4, -0.2) is 30.1 Å². The number of carbonyl (C=O) groups excluding carboxylic acids is 3. The van der Waals surface area contributed by atoms with Gasteiger partial charge in [-0.3, -0.25) is 14.9 Å². The number of benzene rings is 1. The molecule has 1 rings (SSSR count). The van der Waals surface area contributed by atoms with Crippen LogP contribution in [0.1, 0.15) is 52.5 Å². The van der Waals surface area contributed by atoms with Crippen molar-refractivity contribution in [3.63, 3.8) is 0 Å². The van der Waals surface area contributed by atoms with Crippen LogP contribution in [0.5, 0.6) is 0 Å². The summed E-state index contributed by atoms with van der Waals surface area (Å²) in [6.45, 7) is 7.47. The predicted octanol–water partition coefficient (Wildman–Crippen LogP) is 3.88. The summed E-state index contributed by atoms with van der Waals surface area (Å²) in [5.74, 6) is -0.308. The molecular weight excluding hydrogens is 322 g/mol. The number of hydrogen-bond acceptors (Lipinski definition) is 5. The van der Waals surface area contributed by atoms with Crippen molar-refractivity contribution in [2.75, 3.05) is 11.9 Å². The van der Waals surface area contributed by atoms with E-state index in [2.05, 4.69) is 5.32 Å². The number of ether oxygens (including phenoxy) is 2. The van der Waals surface area contributed by atoms with E-state index < -0.39 is 11.7 Å². The van der Waals surface area contributed by atoms with Gasteiger partial charge >= 0.3 is 12.1 Å². The van der Waals surface area contributed by atoms with E-state index in [1.807, 2.05) is 12.1 Å². The van der Waals surface area contributed by atoms with Crippen molar-refractivity contribution in [1.82, 2.24) is 0 Å². The Hall–Kier alpha value is -2.37. The van der Waals surface area contributed by atoms with E-state index in [-0.39, 0.29) is 24.6 Å². The second-order valence-corrected chi connectivity index (χ2v) is 6.67. The SMILES string of the molecule is CCOC(=O)CCC(=O)CCc1ccc(NC(=O)OC(C)(C)C)cc1. The van der Waals surface area contributed by atoms with Gasteiger partial charge in [0.1, 0.15) is 11.4 Å². The van der Waals surface area contributed by atoms with Crippen LogP contribution in [0.25, 0.3) is 0 Å². The first-order valence-electron chi connectivity index (χ1n) is 8.46. The quantitative estimate of drug-likeness (QED) is 0.720. The molecule has 0 aliphatic carbocycles. The van der Waals surface area contributed by atoms with Crippen LogP contribution >= 0.6 is 0 Å². The average Bonchev–Trinajstić information content (AvgIpc) is 2.50. The van der Waals surface area contributed by atoms with Gasteiger partial charge in [-0.2, -0.15) is 0 Å². The summed E-state index contributed by atoms with van der Waals surface area (Å²) in [7, 11) is 0. The highest BCUT2D eigenvalue weighted by molar-refractivity contribution is 5.85. The number of hydrogen-bond donors (Lipinski definition) is 1. The van der Waals surface area contributed by atoms with E-state index in [1.54, 1.807) is 39.8 Å². The van der Waals surface area contributed by atoms with Gasteiger partial charge in [0, 0.05) is 18.5 Å². The fraction of sp³-hybridized carbons (Fsp3) is 0.526. The molecule has 25 heavy (non-hydrogen) atoms. The Morgan fingerprint density at radius 1 is 1.00 bits per heavy atom. The molecule has 6 heteroatoms. The van der Waals surface area contributed by atoms with Crippen LogP contribution in [0, 0.1) is 0 Å². The highest BCUT2D eigenvalue weighted by atomic mass is 16.6. The number of aryl methyl sites for hydroxylation is 1. The highest BCUT2D eigenvalue weighted by Gasteiger charge is 2.16. The third-order valence-corrected chi connectivity index (χ3v) is 3.21. The van der Waals surface area contributed by atoms with E-state index in [9.17, 15) is 14.4 Å². The van der Waals surface area contributed by atoms with Crippen molar-refractivity contribution in [3.05, 3.63) is 29.8 Å². The molecule has 0 bridgehead atoms. The zero-order valence-corrected chi connectivity index (χ0v) is 15.4. The molecule has 0 spiro atoms. The van der Waals surface area contributed by atoms with Gasteiger partial charge in [-0.15, -0.1) is 0 Å². The molecule has 0 aliphatic rings. The Kier molecular flexibility index (Phi) is 8.11. The molecule has 1 aromatic carbocycles. The van der Waals surface area contributed by atoms with E-state index >= 15 is 0 Å². The first-order valence-corrected chi connectivity index (χ1v) is 8.46. The summed E-state index contributed by atoms with van der Waals surface area (Å²) in [6, 6.07) is 7.24. The van der Waals surface area contributed by atoms with Gasteiger partial charge in [0.2, 0.25) is 0 Å². The summed E-state index contributed by atoms with van der Waals surface area (Å²) in [5.41, 5.74) is 1.07. The van der Waals surface area contributed by atoms with Crippen molar-refractivity contribution >= 4 is 23.5 Å². The topological polar surface area (TPSA) is 81.7 Å². The standard InChI is InChI=1S/C19H27NO5/c1-5-24-17(22)13-12-16(21)11-8-14-6-9-15(10-7-14)20-18(23)25-19(2,3)4/h6-7,9-10H,5,8,11-13H2,1-4H3,(H,20,23). The lowest BCUT2D eigenvalue weighted by molar-refractivity contribution is -0.144. The number of Topliss-reactive ketones (excluding diaryl/α,β-unsaturated/α-hetero) is 1. The molecule has 0 saturated carbocycles. The molecule has 0 aromatic heterocycles. The summed E-state index contributed by atoms with van der Waals surface area (Å²) in [4.78, 5) is 34.7. The van der Waals surface area contributed by atoms with E-state index in [0.717, 1.165) is 5.56 Å². The minimum absolute atomic E-state index is 0.0315. The van der Waals surface area contributed by atoms with Gasteiger partial charge in [-0.1, -0.05) is 12.1 Å². The van der Waals surface area contributed by atoms with Crippen LogP contribution in [0.15, 0.2) is 24.3 Å². The number of amides is 1. The Labute approximate surface area is 148 Å². The smallest absolute Gasteiger partial charge is 0.412 e.